The van der Waals surface area contributed by atoms with Crippen molar-refractivity contribution in [1.82, 2.24) is 9.88 Å². The Balaban J connectivity index is 1.63. The third-order valence-electron chi connectivity index (χ3n) is 7.94. The van der Waals surface area contributed by atoms with Gasteiger partial charge < -0.3 is 29.2 Å². The average Bonchev–Trinajstić information content (AvgIpc) is 2.87. The normalized spacial score (nSPS) is 31.4. The lowest BCUT2D eigenvalue weighted by Crippen LogP contribution is -2.55. The molecule has 5 aliphatic heterocycles. The molecule has 3 fully saturated rings. The highest BCUT2D eigenvalue weighted by molar-refractivity contribution is 6.00. The molecule has 5 aliphatic rings. The predicted octanol–water partition coefficient (Wildman–Crippen LogP) is 1.43. The number of methoxy groups -OCH3 is 1. The van der Waals surface area contributed by atoms with Crippen molar-refractivity contribution in [2.75, 3.05) is 20.2 Å². The van der Waals surface area contributed by atoms with Gasteiger partial charge in [-0.1, -0.05) is 6.08 Å². The molecule has 1 aromatic carbocycles. The molecule has 194 valence electrons. The highest BCUT2D eigenvalue weighted by atomic mass is 16.6. The Morgan fingerprint density at radius 1 is 1.19 bits per heavy atom. The van der Waals surface area contributed by atoms with E-state index in [2.05, 4.69) is 16.5 Å². The number of rotatable bonds is 4. The Kier molecular flexibility index (Phi) is 5.48. The van der Waals surface area contributed by atoms with E-state index in [9.17, 15) is 24.6 Å². The highest BCUT2D eigenvalue weighted by Crippen LogP contribution is 2.51. The van der Waals surface area contributed by atoms with Crippen LogP contribution in [-0.2, 0) is 14.4 Å². The summed E-state index contributed by atoms with van der Waals surface area (Å²) < 4.78 is 22.1. The van der Waals surface area contributed by atoms with E-state index in [0.29, 0.717) is 24.8 Å². The zero-order valence-electron chi connectivity index (χ0n) is 20.1. The summed E-state index contributed by atoms with van der Waals surface area (Å²) in [5.74, 6) is -3.08. The summed E-state index contributed by atoms with van der Waals surface area (Å²) in [6, 6.07) is 2.72. The number of aromatic nitrogens is 1. The Bertz CT molecular complexity index is 1360. The lowest BCUT2D eigenvalue weighted by molar-refractivity contribution is -0.168. The number of carbonyl (C=O) groups is 3. The lowest BCUT2D eigenvalue weighted by Gasteiger charge is -2.50. The minimum Gasteiger partial charge on any atom is -0.493 e. The maximum atomic E-state index is 13.1. The molecule has 2 aromatic rings. The van der Waals surface area contributed by atoms with E-state index in [4.69, 9.17) is 18.9 Å². The molecule has 37 heavy (non-hydrogen) atoms. The van der Waals surface area contributed by atoms with E-state index < -0.39 is 42.5 Å². The maximum Gasteiger partial charge on any atom is 0.344 e. The van der Waals surface area contributed by atoms with Gasteiger partial charge in [-0.15, -0.1) is 6.58 Å². The van der Waals surface area contributed by atoms with Gasteiger partial charge in [0.1, 0.15) is 0 Å². The number of hydrogen-bond acceptors (Lipinski definition) is 11. The fourth-order valence-electron chi connectivity index (χ4n) is 6.07. The molecule has 6 heterocycles. The quantitative estimate of drug-likeness (QED) is 0.350. The molecule has 1 aromatic heterocycles. The molecular weight excluding hydrogens is 484 g/mol. The first-order valence-corrected chi connectivity index (χ1v) is 12.2. The fraction of sp³-hybridized carbons (Fsp3) is 0.462. The number of ether oxygens (including phenoxy) is 4. The van der Waals surface area contributed by atoms with Gasteiger partial charge in [0.2, 0.25) is 0 Å². The summed E-state index contributed by atoms with van der Waals surface area (Å²) in [6.45, 7) is 5.42. The van der Waals surface area contributed by atoms with Gasteiger partial charge in [0, 0.05) is 18.2 Å². The molecule has 0 aliphatic carbocycles. The minimum atomic E-state index is -2.53. The van der Waals surface area contributed by atoms with Crippen molar-refractivity contribution in [1.29, 1.82) is 0 Å². The predicted molar refractivity (Wildman–Crippen MR) is 126 cm³/mol. The number of aliphatic hydroxyl groups excluding tert-OH is 1. The number of benzene rings is 1. The third kappa shape index (κ3) is 3.68. The average molecular weight is 510 g/mol. The van der Waals surface area contributed by atoms with Crippen LogP contribution in [0.3, 0.4) is 0 Å². The van der Waals surface area contributed by atoms with Gasteiger partial charge in [0.25, 0.3) is 5.88 Å². The van der Waals surface area contributed by atoms with Gasteiger partial charge in [-0.25, -0.2) is 9.78 Å². The summed E-state index contributed by atoms with van der Waals surface area (Å²) in [6.07, 6.45) is 0.596. The molecule has 3 saturated heterocycles. The van der Waals surface area contributed by atoms with Gasteiger partial charge in [-0.2, -0.15) is 0 Å². The fourth-order valence-corrected chi connectivity index (χ4v) is 6.07. The minimum absolute atomic E-state index is 0.0357. The van der Waals surface area contributed by atoms with Crippen LogP contribution in [-0.4, -0.2) is 69.8 Å². The topological polar surface area (TPSA) is 145 Å². The van der Waals surface area contributed by atoms with Gasteiger partial charge in [-0.05, 0) is 43.4 Å². The first kappa shape index (κ1) is 23.8. The van der Waals surface area contributed by atoms with Crippen molar-refractivity contribution in [2.24, 2.45) is 11.8 Å². The largest absolute Gasteiger partial charge is 0.493 e. The highest BCUT2D eigenvalue weighted by Gasteiger charge is 2.49. The van der Waals surface area contributed by atoms with Gasteiger partial charge in [-0.3, -0.25) is 14.5 Å². The second kappa shape index (κ2) is 8.51. The van der Waals surface area contributed by atoms with Crippen LogP contribution < -0.4 is 18.9 Å². The summed E-state index contributed by atoms with van der Waals surface area (Å²) in [4.78, 5) is 45.2. The second-order valence-corrected chi connectivity index (χ2v) is 10.1. The van der Waals surface area contributed by atoms with Crippen LogP contribution in [0.25, 0.3) is 10.9 Å². The summed E-state index contributed by atoms with van der Waals surface area (Å²) in [5, 5.41) is 23.1. The number of carbonyl (C=O) groups excluding carboxylic acids is 3. The Morgan fingerprint density at radius 3 is 2.62 bits per heavy atom. The molecule has 11 nitrogen and oxygen atoms in total. The molecule has 5 bridgehead atoms. The zero-order valence-corrected chi connectivity index (χ0v) is 20.1. The molecule has 6 atom stereocenters. The molecule has 7 rings (SSSR count). The molecule has 0 saturated carbocycles. The van der Waals surface area contributed by atoms with Crippen molar-refractivity contribution in [3.05, 3.63) is 30.4 Å². The van der Waals surface area contributed by atoms with E-state index >= 15 is 0 Å². The second-order valence-electron chi connectivity index (χ2n) is 10.1. The molecule has 2 unspecified atom stereocenters. The smallest absolute Gasteiger partial charge is 0.344 e. The van der Waals surface area contributed by atoms with Crippen molar-refractivity contribution < 1.29 is 43.5 Å². The summed E-state index contributed by atoms with van der Waals surface area (Å²) in [5.41, 5.74) is -2.23. The van der Waals surface area contributed by atoms with Crippen LogP contribution in [0.15, 0.2) is 24.8 Å². The van der Waals surface area contributed by atoms with Crippen LogP contribution in [0.1, 0.15) is 37.4 Å². The first-order chi connectivity index (χ1) is 17.7. The van der Waals surface area contributed by atoms with Crippen LogP contribution in [0, 0.1) is 11.8 Å². The molecule has 0 amide bonds. The van der Waals surface area contributed by atoms with Gasteiger partial charge in [0.05, 0.1) is 37.0 Å². The number of esters is 3. The van der Waals surface area contributed by atoms with Crippen LogP contribution >= 0.6 is 0 Å². The van der Waals surface area contributed by atoms with Gasteiger partial charge >= 0.3 is 17.9 Å². The van der Waals surface area contributed by atoms with Crippen LogP contribution in [0.5, 0.6) is 23.1 Å². The number of pyridine rings is 1. The van der Waals surface area contributed by atoms with E-state index in [0.717, 1.165) is 13.0 Å². The van der Waals surface area contributed by atoms with Crippen LogP contribution in [0.2, 0.25) is 0 Å². The summed E-state index contributed by atoms with van der Waals surface area (Å²) >= 11 is 0. The van der Waals surface area contributed by atoms with Crippen molar-refractivity contribution in [3.8, 4) is 23.1 Å². The van der Waals surface area contributed by atoms with Gasteiger partial charge in [0.15, 0.2) is 22.8 Å². The third-order valence-corrected chi connectivity index (χ3v) is 7.94. The first-order valence-electron chi connectivity index (χ1n) is 12.2. The maximum absolute atomic E-state index is 13.1. The monoisotopic (exact) mass is 510 g/mol. The number of aliphatic hydroxyl groups is 2. The number of nitrogens with zero attached hydrogens (tertiary/aromatic N) is 2. The van der Waals surface area contributed by atoms with Crippen LogP contribution in [0.4, 0.5) is 0 Å². The Labute approximate surface area is 211 Å². The summed E-state index contributed by atoms with van der Waals surface area (Å²) in [7, 11) is 1.39. The van der Waals surface area contributed by atoms with Crippen molar-refractivity contribution >= 4 is 28.8 Å². The standard InChI is InChI=1S/C26H26N2O9/c1-3-12-11-28-7-6-13(12)8-15(28)21(31)20-19-14-4-5-16(34-2)22(19)35-17(29)9-26(33)10-18(30)36-24(27-14)23(20)37-25(26)32/h3-5,12-13,15,21,31,33H,1,6-11H2,2H3/t12-,13-,15+,21+,26?/m0/s1. The van der Waals surface area contributed by atoms with E-state index in [1.165, 1.54) is 13.2 Å². The Morgan fingerprint density at radius 2 is 1.95 bits per heavy atom. The number of hydrogen-bond donors (Lipinski definition) is 2. The van der Waals surface area contributed by atoms with E-state index in [1.807, 2.05) is 6.08 Å². The lowest BCUT2D eigenvalue weighted by atomic mass is 9.73. The number of piperidine rings is 3. The molecule has 11 heteroatoms. The molecule has 0 radical (unpaired) electrons. The van der Waals surface area contributed by atoms with Crippen molar-refractivity contribution in [3.63, 3.8) is 0 Å². The molecular formula is C26H26N2O9. The Hall–Kier alpha value is -3.54. The molecule has 0 spiro atoms. The molecule has 2 N–H and O–H groups in total. The van der Waals surface area contributed by atoms with E-state index in [-0.39, 0.29) is 45.6 Å². The zero-order chi connectivity index (χ0) is 26.1. The SMILES string of the molecule is C=C[C@H]1CN2CC[C@H]1C[C@@H]2[C@@H](O)c1c2c3nc4ccc(OC)c(c14)OC(=O)CC(O)(CC(=O)O3)C(=O)O2. The number of fused-ring (bicyclic) bond motifs is 5. The van der Waals surface area contributed by atoms with Crippen molar-refractivity contribution in [2.45, 2.75) is 43.4 Å². The van der Waals surface area contributed by atoms with E-state index in [1.54, 1.807) is 6.07 Å².